The Hall–Kier alpha value is 3.46. The topological polar surface area (TPSA) is 35.5 Å². The van der Waals surface area contributed by atoms with Crippen molar-refractivity contribution in [3.63, 3.8) is 0 Å². The minimum absolute atomic E-state index is 0. The van der Waals surface area contributed by atoms with Gasteiger partial charge in [-0.1, -0.05) is 0 Å². The summed E-state index contributed by atoms with van der Waals surface area (Å²) < 4.78 is 74.8. The van der Waals surface area contributed by atoms with Crippen LogP contribution in [0.1, 0.15) is 0 Å². The first-order valence-electron chi connectivity index (χ1n) is 1.68. The molecule has 0 aliphatic rings. The van der Waals surface area contributed by atoms with Crippen LogP contribution < -0.4 is 0 Å². The number of halogens is 6. The quantitative estimate of drug-likeness (QED) is 0.558. The third kappa shape index (κ3) is 8.74. The number of hydrogen-bond donors (Lipinski definition) is 0. The average molecular weight is 333 g/mol. The molecular formula is H2F6K2O3Zr. The minimum atomic E-state index is -12.6. The molecule has 0 saturated carbocycles. The fraction of sp³-hybridized carbons (Fsp3) is 0. The summed E-state index contributed by atoms with van der Waals surface area (Å²) in [6, 6.07) is 0. The fourth-order valence-corrected chi connectivity index (χ4v) is 0.0704. The third-order valence-corrected chi connectivity index (χ3v) is 2.13. The fourth-order valence-electron chi connectivity index (χ4n) is 0.0119. The second-order valence-corrected chi connectivity index (χ2v) is 10.4. The molecule has 3 nitrogen and oxygen atoms in total. The van der Waals surface area contributed by atoms with E-state index in [4.69, 9.17) is 2.81 Å². The molecule has 0 fully saturated rings. The zero-order chi connectivity index (χ0) is 8.79. The summed E-state index contributed by atoms with van der Waals surface area (Å²) in [7, 11) is 0. The SMILES string of the molecule is [KH].[KH].[O]=[Zr]([F])([F])([F])([F])([O]F)[O]F. The Morgan fingerprint density at radius 2 is 1.00 bits per heavy atom. The van der Waals surface area contributed by atoms with E-state index in [1.54, 1.807) is 0 Å². The first-order chi connectivity index (χ1) is 3.84. The van der Waals surface area contributed by atoms with Crippen LogP contribution in [0.5, 0.6) is 0 Å². The maximum atomic E-state index is 11.1. The van der Waals surface area contributed by atoms with E-state index in [0.717, 1.165) is 0 Å². The van der Waals surface area contributed by atoms with Gasteiger partial charge in [0.2, 0.25) is 0 Å². The zero-order valence-electron chi connectivity index (χ0n) is 3.99. The van der Waals surface area contributed by atoms with Gasteiger partial charge in [-0.15, -0.1) is 0 Å². The zero-order valence-corrected chi connectivity index (χ0v) is 6.45. The molecule has 0 amide bonds. The molecule has 0 aromatic carbocycles. The molecule has 0 N–H and O–H groups in total. The van der Waals surface area contributed by atoms with Crippen molar-refractivity contribution in [2.24, 2.45) is 0 Å². The summed E-state index contributed by atoms with van der Waals surface area (Å²) in [6.07, 6.45) is 0. The van der Waals surface area contributed by atoms with Crippen LogP contribution in [0.4, 0.5) is 19.6 Å². The Bertz CT molecular complexity index is 242. The predicted octanol–water partition coefficient (Wildman–Crippen LogP) is 0.966. The molecule has 68 valence electrons. The van der Waals surface area contributed by atoms with Crippen LogP contribution in [-0.2, 0) is 28.0 Å². The molecule has 0 unspecified atom stereocenters. The van der Waals surface area contributed by atoms with Crippen LogP contribution in [0.15, 0.2) is 0 Å². The first kappa shape index (κ1) is 20.8. The summed E-state index contributed by atoms with van der Waals surface area (Å²) in [5, 5.41) is 0. The molecule has 0 aromatic rings. The number of hydrogen-bond acceptors (Lipinski definition) is 3. The summed E-state index contributed by atoms with van der Waals surface area (Å²) in [5.74, 6) is 0. The second kappa shape index (κ2) is 3.74. The van der Waals surface area contributed by atoms with Crippen LogP contribution >= 0.6 is 0 Å². The van der Waals surface area contributed by atoms with E-state index in [2.05, 4.69) is 0 Å². The van der Waals surface area contributed by atoms with Crippen LogP contribution in [0.3, 0.4) is 0 Å². The van der Waals surface area contributed by atoms with Gasteiger partial charge in [-0.2, -0.15) is 0 Å². The van der Waals surface area contributed by atoms with Gasteiger partial charge >= 0.3 is 150 Å². The monoisotopic (exact) mass is 332 g/mol. The van der Waals surface area contributed by atoms with Gasteiger partial charge in [0.05, 0.1) is 0 Å². The molecule has 0 aliphatic carbocycles. The standard InChI is InChI=1S/2FO.4FH.2K.O.Zr.2H/c2*1-2;;;;;;;;;;/h;;4*1H;;;;;;/q2*-1;;;;;;;;+6;;/p-4. The van der Waals surface area contributed by atoms with Gasteiger partial charge in [0.25, 0.3) is 0 Å². The molecule has 0 saturated heterocycles. The van der Waals surface area contributed by atoms with E-state index in [1.807, 2.05) is 0 Å². The Morgan fingerprint density at radius 1 is 0.833 bits per heavy atom. The van der Waals surface area contributed by atoms with E-state index in [-0.39, 0.29) is 103 Å². The molecule has 0 aromatic heterocycles. The van der Waals surface area contributed by atoms with Crippen molar-refractivity contribution in [1.82, 2.24) is 0 Å². The van der Waals surface area contributed by atoms with Crippen LogP contribution in [0.2, 0.25) is 0 Å². The maximum absolute atomic E-state index is 12.6. The van der Waals surface area contributed by atoms with Crippen LogP contribution in [0, 0.1) is 0 Å². The molecular weight excluding hydrogens is 331 g/mol. The Balaban J connectivity index is -0.000000405. The van der Waals surface area contributed by atoms with Crippen molar-refractivity contribution < 1.29 is 47.5 Å². The molecule has 0 bridgehead atoms. The van der Waals surface area contributed by atoms with Gasteiger partial charge in [0.15, 0.2) is 0 Å². The predicted molar refractivity (Wildman–Crippen MR) is 23.8 cm³/mol. The average Bonchev–Trinajstić information content (AvgIpc) is 1.66. The van der Waals surface area contributed by atoms with E-state index >= 15 is 0 Å². The van der Waals surface area contributed by atoms with Crippen LogP contribution in [-0.4, -0.2) is 103 Å². The first-order valence-corrected chi connectivity index (χ1v) is 8.40. The molecule has 0 rings (SSSR count). The molecule has 0 atom stereocenters. The summed E-state index contributed by atoms with van der Waals surface area (Å²) in [6.45, 7) is 0. The van der Waals surface area contributed by atoms with Crippen molar-refractivity contribution in [2.45, 2.75) is 0 Å². The van der Waals surface area contributed by atoms with Crippen molar-refractivity contribution in [2.75, 3.05) is 0 Å². The summed E-state index contributed by atoms with van der Waals surface area (Å²) in [5.41, 5.74) is 0. The second-order valence-electron chi connectivity index (χ2n) is 1.76. The molecule has 0 spiro atoms. The Kier molecular flexibility index (Phi) is 6.49. The van der Waals surface area contributed by atoms with Gasteiger partial charge in [0, 0.05) is 0 Å². The van der Waals surface area contributed by atoms with Crippen molar-refractivity contribution in [3.8, 4) is 0 Å². The number of rotatable bonds is 2. The van der Waals surface area contributed by atoms with Gasteiger partial charge in [0.1, 0.15) is 0 Å². The molecule has 0 radical (unpaired) electrons. The van der Waals surface area contributed by atoms with Gasteiger partial charge < -0.3 is 0 Å². The van der Waals surface area contributed by atoms with E-state index < -0.39 is 19.1 Å². The molecule has 0 aliphatic heterocycles. The van der Waals surface area contributed by atoms with Gasteiger partial charge in [-0.3, -0.25) is 0 Å². The summed E-state index contributed by atoms with van der Waals surface area (Å²) in [4.78, 5) is 0. The molecule has 12 heavy (non-hydrogen) atoms. The van der Waals surface area contributed by atoms with E-state index in [1.165, 1.54) is 0 Å². The normalized spacial score (nSPS) is 20.0. The van der Waals surface area contributed by atoms with Crippen molar-refractivity contribution in [1.29, 1.82) is 0 Å². The Labute approximate surface area is 146 Å². The van der Waals surface area contributed by atoms with Gasteiger partial charge in [-0.05, 0) is 0 Å². The third-order valence-electron chi connectivity index (χ3n) is 0.359. The van der Waals surface area contributed by atoms with Crippen molar-refractivity contribution in [3.05, 3.63) is 0 Å². The van der Waals surface area contributed by atoms with Gasteiger partial charge in [-0.25, -0.2) is 0 Å². The van der Waals surface area contributed by atoms with Crippen molar-refractivity contribution >= 4 is 103 Å². The summed E-state index contributed by atoms with van der Waals surface area (Å²) >= 11 is -12.6. The Morgan fingerprint density at radius 3 is 1.00 bits per heavy atom. The molecule has 12 heteroatoms. The van der Waals surface area contributed by atoms with E-state index in [9.17, 15) is 19.6 Å². The van der Waals surface area contributed by atoms with E-state index in [0.29, 0.717) is 6.04 Å². The van der Waals surface area contributed by atoms with Crippen LogP contribution in [0.25, 0.3) is 0 Å². The molecule has 0 heterocycles.